The number of halogens is 2. The van der Waals surface area contributed by atoms with Crippen molar-refractivity contribution < 1.29 is 14.3 Å². The van der Waals surface area contributed by atoms with Crippen molar-refractivity contribution in [2.75, 3.05) is 13.2 Å². The Morgan fingerprint density at radius 1 is 1.35 bits per heavy atom. The molecular weight excluding hydrogens is 377 g/mol. The van der Waals surface area contributed by atoms with Gasteiger partial charge in [0, 0.05) is 6.42 Å². The maximum absolute atomic E-state index is 13.4. The van der Waals surface area contributed by atoms with Crippen LogP contribution in [0.15, 0.2) is 30.9 Å². The predicted octanol–water partition coefficient (Wildman–Crippen LogP) is 3.73. The molecule has 1 saturated heterocycles. The average Bonchev–Trinajstić information content (AvgIpc) is 3.17. The second kappa shape index (κ2) is 8.05. The Hall–Kier alpha value is -1.47. The molecule has 1 fully saturated rings. The molecule has 1 atom stereocenters. The molecule has 1 aromatic carbocycles. The summed E-state index contributed by atoms with van der Waals surface area (Å²) < 4.78 is 13.0. The first-order chi connectivity index (χ1) is 12.4. The molecule has 8 heteroatoms. The van der Waals surface area contributed by atoms with E-state index in [0.717, 1.165) is 12.0 Å². The minimum Gasteiger partial charge on any atom is -0.352 e. The van der Waals surface area contributed by atoms with Gasteiger partial charge < -0.3 is 9.47 Å². The molecular formula is C18H21Cl2N3O3. The third kappa shape index (κ3) is 4.09. The van der Waals surface area contributed by atoms with Gasteiger partial charge in [-0.1, -0.05) is 36.2 Å². The Kier molecular flexibility index (Phi) is 5.97. The highest BCUT2D eigenvalue weighted by molar-refractivity contribution is 6.42. The first kappa shape index (κ1) is 19.3. The van der Waals surface area contributed by atoms with Gasteiger partial charge in [-0.25, -0.2) is 9.67 Å². The number of Topliss-reactive ketones (excluding diaryl/α,β-unsaturated/α-hetero) is 1. The number of carbonyl (C=O) groups excluding carboxylic acids is 1. The van der Waals surface area contributed by atoms with Crippen LogP contribution in [0.25, 0.3) is 0 Å². The minimum atomic E-state index is -0.751. The molecule has 140 valence electrons. The van der Waals surface area contributed by atoms with E-state index >= 15 is 0 Å². The zero-order valence-electron chi connectivity index (χ0n) is 14.7. The monoisotopic (exact) mass is 397 g/mol. The molecule has 0 aliphatic carbocycles. The predicted molar refractivity (Wildman–Crippen MR) is 98.3 cm³/mol. The van der Waals surface area contributed by atoms with Gasteiger partial charge in [-0.2, -0.15) is 5.10 Å². The van der Waals surface area contributed by atoms with Gasteiger partial charge in [-0.05, 0) is 31.0 Å². The molecule has 0 bridgehead atoms. The van der Waals surface area contributed by atoms with Crippen LogP contribution >= 0.6 is 23.2 Å². The highest BCUT2D eigenvalue weighted by atomic mass is 35.5. The Balaban J connectivity index is 1.84. The Morgan fingerprint density at radius 2 is 2.08 bits per heavy atom. The van der Waals surface area contributed by atoms with Crippen LogP contribution in [0.2, 0.25) is 10.0 Å². The van der Waals surface area contributed by atoms with E-state index in [2.05, 4.69) is 10.1 Å². The van der Waals surface area contributed by atoms with E-state index in [0.29, 0.717) is 29.7 Å². The van der Waals surface area contributed by atoms with E-state index < -0.39 is 11.5 Å². The molecule has 1 aliphatic rings. The largest absolute Gasteiger partial charge is 0.352 e. The van der Waals surface area contributed by atoms with Gasteiger partial charge in [0.1, 0.15) is 18.7 Å². The van der Waals surface area contributed by atoms with Crippen molar-refractivity contribution in [2.24, 2.45) is 5.41 Å². The second-order valence-electron chi connectivity index (χ2n) is 6.73. The summed E-state index contributed by atoms with van der Waals surface area (Å²) in [7, 11) is 0. The van der Waals surface area contributed by atoms with E-state index in [-0.39, 0.29) is 12.1 Å². The van der Waals surface area contributed by atoms with Crippen LogP contribution in [0, 0.1) is 5.41 Å². The number of ether oxygens (including phenoxy) is 2. The van der Waals surface area contributed by atoms with Crippen LogP contribution in [-0.4, -0.2) is 40.1 Å². The van der Waals surface area contributed by atoms with Gasteiger partial charge in [0.25, 0.3) is 0 Å². The normalized spacial score (nSPS) is 24.4. The summed E-state index contributed by atoms with van der Waals surface area (Å²) in [6.45, 7) is 4.48. The first-order valence-corrected chi connectivity index (χ1v) is 9.24. The van der Waals surface area contributed by atoms with Crippen LogP contribution < -0.4 is 0 Å². The maximum atomic E-state index is 13.4. The fraction of sp³-hybridized carbons (Fsp3) is 0.500. The third-order valence-electron chi connectivity index (χ3n) is 4.58. The first-order valence-electron chi connectivity index (χ1n) is 8.48. The van der Waals surface area contributed by atoms with Crippen molar-refractivity contribution in [3.05, 3.63) is 46.5 Å². The number of hydrogen-bond donors (Lipinski definition) is 0. The summed E-state index contributed by atoms with van der Waals surface area (Å²) >= 11 is 12.1. The lowest BCUT2D eigenvalue weighted by atomic mass is 9.81. The van der Waals surface area contributed by atoms with E-state index in [1.54, 1.807) is 23.1 Å². The highest BCUT2D eigenvalue weighted by Gasteiger charge is 2.43. The maximum Gasteiger partial charge on any atom is 0.168 e. The smallest absolute Gasteiger partial charge is 0.168 e. The van der Waals surface area contributed by atoms with Gasteiger partial charge in [0.15, 0.2) is 12.1 Å². The molecule has 0 saturated carbocycles. The number of benzene rings is 1. The van der Waals surface area contributed by atoms with Crippen LogP contribution in [0.4, 0.5) is 0 Å². The molecule has 1 aliphatic heterocycles. The van der Waals surface area contributed by atoms with Gasteiger partial charge in [-0.15, -0.1) is 0 Å². The SMILES string of the molecule is CCC1OCC(C)(C(=O)C(Cc2ccc(Cl)c(Cl)c2)n2cncn2)CO1. The number of ketones is 1. The molecule has 3 rings (SSSR count). The Labute approximate surface area is 162 Å². The topological polar surface area (TPSA) is 66.2 Å². The quantitative estimate of drug-likeness (QED) is 0.742. The summed E-state index contributed by atoms with van der Waals surface area (Å²) in [5.74, 6) is -0.0105. The van der Waals surface area contributed by atoms with Crippen LogP contribution in [0.5, 0.6) is 0 Å². The fourth-order valence-corrected chi connectivity index (χ4v) is 3.32. The molecule has 2 aromatic rings. The summed E-state index contributed by atoms with van der Waals surface area (Å²) in [4.78, 5) is 17.3. The van der Waals surface area contributed by atoms with Crippen LogP contribution in [0.3, 0.4) is 0 Å². The van der Waals surface area contributed by atoms with Crippen molar-refractivity contribution in [3.63, 3.8) is 0 Å². The molecule has 1 unspecified atom stereocenters. The molecule has 0 radical (unpaired) electrons. The standard InChI is InChI=1S/C18H21Cl2N3O3/c1-3-16-25-8-18(2,9-26-16)17(24)15(23-11-21-10-22-23)7-12-4-5-13(19)14(20)6-12/h4-6,10-11,15-16H,3,7-9H2,1-2H3. The Bertz CT molecular complexity index is 759. The number of rotatable bonds is 6. The summed E-state index contributed by atoms with van der Waals surface area (Å²) in [5.41, 5.74) is 0.138. The number of aromatic nitrogens is 3. The van der Waals surface area contributed by atoms with Crippen molar-refractivity contribution in [1.29, 1.82) is 0 Å². The van der Waals surface area contributed by atoms with E-state index in [1.165, 1.54) is 6.33 Å². The fourth-order valence-electron chi connectivity index (χ4n) is 3.00. The molecule has 0 spiro atoms. The molecule has 6 nitrogen and oxygen atoms in total. The highest BCUT2D eigenvalue weighted by Crippen LogP contribution is 2.33. The van der Waals surface area contributed by atoms with Gasteiger partial charge >= 0.3 is 0 Å². The zero-order chi connectivity index (χ0) is 18.7. The Morgan fingerprint density at radius 3 is 2.65 bits per heavy atom. The minimum absolute atomic E-state index is 0.0105. The van der Waals surface area contributed by atoms with E-state index in [9.17, 15) is 4.79 Å². The van der Waals surface area contributed by atoms with Crippen molar-refractivity contribution in [1.82, 2.24) is 14.8 Å². The van der Waals surface area contributed by atoms with Gasteiger partial charge in [-0.3, -0.25) is 4.79 Å². The summed E-state index contributed by atoms with van der Waals surface area (Å²) in [6.07, 6.45) is 3.88. The number of nitrogens with zero attached hydrogens (tertiary/aromatic N) is 3. The van der Waals surface area contributed by atoms with Crippen molar-refractivity contribution in [3.8, 4) is 0 Å². The number of hydrogen-bond acceptors (Lipinski definition) is 5. The molecule has 1 aromatic heterocycles. The van der Waals surface area contributed by atoms with E-state index in [1.807, 2.05) is 19.9 Å². The van der Waals surface area contributed by atoms with Gasteiger partial charge in [0.05, 0.1) is 28.7 Å². The van der Waals surface area contributed by atoms with Crippen molar-refractivity contribution >= 4 is 29.0 Å². The van der Waals surface area contributed by atoms with Gasteiger partial charge in [0.2, 0.25) is 0 Å². The summed E-state index contributed by atoms with van der Waals surface area (Å²) in [6, 6.07) is 4.81. The molecule has 26 heavy (non-hydrogen) atoms. The third-order valence-corrected chi connectivity index (χ3v) is 5.31. The average molecular weight is 398 g/mol. The lowest BCUT2D eigenvalue weighted by Gasteiger charge is -2.37. The lowest BCUT2D eigenvalue weighted by molar-refractivity contribution is -0.224. The van der Waals surface area contributed by atoms with Crippen molar-refractivity contribution in [2.45, 2.75) is 39.0 Å². The summed E-state index contributed by atoms with van der Waals surface area (Å²) in [5, 5.41) is 5.11. The zero-order valence-corrected chi connectivity index (χ0v) is 16.2. The number of carbonyl (C=O) groups is 1. The molecule has 2 heterocycles. The molecule has 0 N–H and O–H groups in total. The van der Waals surface area contributed by atoms with Crippen LogP contribution in [0.1, 0.15) is 31.9 Å². The van der Waals surface area contributed by atoms with E-state index in [4.69, 9.17) is 32.7 Å². The molecule has 0 amide bonds. The van der Waals surface area contributed by atoms with Crippen LogP contribution in [-0.2, 0) is 20.7 Å². The lowest BCUT2D eigenvalue weighted by Crippen LogP contribution is -2.48. The second-order valence-corrected chi connectivity index (χ2v) is 7.54.